The van der Waals surface area contributed by atoms with E-state index in [0.717, 1.165) is 32.1 Å². The Morgan fingerprint density at radius 3 is 2.06 bits per heavy atom. The van der Waals surface area contributed by atoms with Gasteiger partial charge in [0.25, 0.3) is 0 Å². The van der Waals surface area contributed by atoms with E-state index in [-0.39, 0.29) is 17.4 Å². The molecule has 2 nitrogen and oxygen atoms in total. The average Bonchev–Trinajstić information content (AvgIpc) is 2.56. The van der Waals surface area contributed by atoms with E-state index >= 15 is 0 Å². The molecule has 2 aliphatic rings. The molecule has 0 saturated heterocycles. The summed E-state index contributed by atoms with van der Waals surface area (Å²) < 4.78 is 0. The fraction of sp³-hybridized carbons (Fsp3) is 0.938. The molecule has 0 aromatic carbocycles. The maximum Gasteiger partial charge on any atom is 0.0693 e. The van der Waals surface area contributed by atoms with Crippen LogP contribution >= 0.6 is 0 Å². The van der Waals surface area contributed by atoms with Gasteiger partial charge in [-0.05, 0) is 25.7 Å². The zero-order valence-corrected chi connectivity index (χ0v) is 11.5. The van der Waals surface area contributed by atoms with Crippen molar-refractivity contribution in [3.05, 3.63) is 0 Å². The van der Waals surface area contributed by atoms with Gasteiger partial charge in [-0.25, -0.2) is 0 Å². The largest absolute Gasteiger partial charge is 0.393 e. The lowest BCUT2D eigenvalue weighted by Gasteiger charge is -2.38. The quantitative estimate of drug-likeness (QED) is 0.708. The van der Waals surface area contributed by atoms with Crippen LogP contribution in [0.25, 0.3) is 0 Å². The van der Waals surface area contributed by atoms with E-state index in [1.54, 1.807) is 0 Å². The number of nitriles is 1. The Kier molecular flexibility index (Phi) is 5.06. The van der Waals surface area contributed by atoms with Gasteiger partial charge in [0.15, 0.2) is 0 Å². The summed E-state index contributed by atoms with van der Waals surface area (Å²) in [5, 5.41) is 20.2. The van der Waals surface area contributed by atoms with Crippen LogP contribution in [0, 0.1) is 22.7 Å². The van der Waals surface area contributed by atoms with Gasteiger partial charge in [-0.15, -0.1) is 0 Å². The number of aliphatic hydroxyl groups excluding tert-OH is 1. The molecule has 0 aromatic rings. The molecule has 2 aliphatic carbocycles. The van der Waals surface area contributed by atoms with Crippen LogP contribution in [0.4, 0.5) is 0 Å². The summed E-state index contributed by atoms with van der Waals surface area (Å²) in [6.45, 7) is 0. The van der Waals surface area contributed by atoms with Crippen molar-refractivity contribution in [2.45, 2.75) is 83.2 Å². The lowest BCUT2D eigenvalue weighted by molar-refractivity contribution is 0.0253. The third-order valence-electron chi connectivity index (χ3n) is 5.16. The molecule has 2 heteroatoms. The molecular weight excluding hydrogens is 222 g/mol. The van der Waals surface area contributed by atoms with Crippen LogP contribution in [0.15, 0.2) is 0 Å². The lowest BCUT2D eigenvalue weighted by atomic mass is 9.65. The van der Waals surface area contributed by atoms with E-state index in [0.29, 0.717) is 0 Å². The Labute approximate surface area is 111 Å². The van der Waals surface area contributed by atoms with Gasteiger partial charge in [0.05, 0.1) is 17.6 Å². The first kappa shape index (κ1) is 13.9. The first-order chi connectivity index (χ1) is 8.78. The Hall–Kier alpha value is -0.550. The number of hydrogen-bond donors (Lipinski definition) is 1. The zero-order chi connectivity index (χ0) is 12.8. The molecule has 0 spiro atoms. The van der Waals surface area contributed by atoms with Gasteiger partial charge in [0.1, 0.15) is 0 Å². The second-order valence-corrected chi connectivity index (χ2v) is 6.35. The van der Waals surface area contributed by atoms with Gasteiger partial charge < -0.3 is 5.11 Å². The summed E-state index contributed by atoms with van der Waals surface area (Å²) in [5.74, 6) is 0.239. The molecule has 0 aromatic heterocycles. The molecule has 0 heterocycles. The third-order valence-corrected chi connectivity index (χ3v) is 5.16. The molecule has 0 radical (unpaired) electrons. The molecule has 2 saturated carbocycles. The molecule has 0 amide bonds. The zero-order valence-electron chi connectivity index (χ0n) is 11.5. The summed E-state index contributed by atoms with van der Waals surface area (Å²) in [5.41, 5.74) is -0.218. The minimum Gasteiger partial charge on any atom is -0.393 e. The van der Waals surface area contributed by atoms with E-state index < -0.39 is 0 Å². The predicted octanol–water partition coefficient (Wildman–Crippen LogP) is 4.18. The van der Waals surface area contributed by atoms with Crippen LogP contribution < -0.4 is 0 Å². The molecule has 2 rings (SSSR count). The molecule has 2 fully saturated rings. The van der Waals surface area contributed by atoms with Gasteiger partial charge in [-0.1, -0.05) is 51.4 Å². The molecule has 0 bridgehead atoms. The van der Waals surface area contributed by atoms with Crippen LogP contribution in [0.2, 0.25) is 0 Å². The van der Waals surface area contributed by atoms with Crippen LogP contribution in [0.3, 0.4) is 0 Å². The van der Waals surface area contributed by atoms with Gasteiger partial charge in [-0.3, -0.25) is 0 Å². The minimum atomic E-state index is -0.230. The summed E-state index contributed by atoms with van der Waals surface area (Å²) >= 11 is 0. The molecule has 2 atom stereocenters. The summed E-state index contributed by atoms with van der Waals surface area (Å²) in [6.07, 6.45) is 13.6. The second kappa shape index (κ2) is 6.57. The topological polar surface area (TPSA) is 44.0 Å². The molecule has 2 unspecified atom stereocenters. The highest BCUT2D eigenvalue weighted by molar-refractivity contribution is 5.05. The SMILES string of the molecule is N#CC1(C2CCCCCC2O)CCCCCCC1. The van der Waals surface area contributed by atoms with Crippen LogP contribution in [0.1, 0.15) is 77.0 Å². The van der Waals surface area contributed by atoms with Crippen molar-refractivity contribution >= 4 is 0 Å². The number of hydrogen-bond acceptors (Lipinski definition) is 2. The van der Waals surface area contributed by atoms with E-state index in [1.807, 2.05) is 0 Å². The summed E-state index contributed by atoms with van der Waals surface area (Å²) in [6, 6.07) is 2.65. The summed E-state index contributed by atoms with van der Waals surface area (Å²) in [4.78, 5) is 0. The fourth-order valence-corrected chi connectivity index (χ4v) is 4.03. The molecular formula is C16H27NO. The van der Waals surface area contributed by atoms with E-state index in [9.17, 15) is 10.4 Å². The number of nitrogens with zero attached hydrogens (tertiary/aromatic N) is 1. The van der Waals surface area contributed by atoms with E-state index in [4.69, 9.17) is 0 Å². The van der Waals surface area contributed by atoms with Crippen LogP contribution in [-0.4, -0.2) is 11.2 Å². The van der Waals surface area contributed by atoms with Crippen molar-refractivity contribution in [2.24, 2.45) is 11.3 Å². The van der Waals surface area contributed by atoms with Crippen molar-refractivity contribution in [3.63, 3.8) is 0 Å². The highest BCUT2D eigenvalue weighted by Gasteiger charge is 2.42. The smallest absolute Gasteiger partial charge is 0.0693 e. The van der Waals surface area contributed by atoms with Crippen molar-refractivity contribution < 1.29 is 5.11 Å². The molecule has 18 heavy (non-hydrogen) atoms. The van der Waals surface area contributed by atoms with Gasteiger partial charge in [0, 0.05) is 5.92 Å². The third kappa shape index (κ3) is 3.06. The Balaban J connectivity index is 2.14. The average molecular weight is 249 g/mol. The molecule has 102 valence electrons. The summed E-state index contributed by atoms with van der Waals surface area (Å²) in [7, 11) is 0. The first-order valence-corrected chi connectivity index (χ1v) is 7.88. The van der Waals surface area contributed by atoms with Crippen molar-refractivity contribution in [1.29, 1.82) is 5.26 Å². The van der Waals surface area contributed by atoms with Gasteiger partial charge >= 0.3 is 0 Å². The fourth-order valence-electron chi connectivity index (χ4n) is 4.03. The maximum absolute atomic E-state index is 10.4. The first-order valence-electron chi connectivity index (χ1n) is 7.88. The van der Waals surface area contributed by atoms with Crippen molar-refractivity contribution in [2.75, 3.05) is 0 Å². The Morgan fingerprint density at radius 1 is 0.833 bits per heavy atom. The van der Waals surface area contributed by atoms with Gasteiger partial charge in [0.2, 0.25) is 0 Å². The normalized spacial score (nSPS) is 33.8. The minimum absolute atomic E-state index is 0.218. The Morgan fingerprint density at radius 2 is 1.39 bits per heavy atom. The van der Waals surface area contributed by atoms with Crippen molar-refractivity contribution in [3.8, 4) is 6.07 Å². The van der Waals surface area contributed by atoms with Crippen LogP contribution in [0.5, 0.6) is 0 Å². The number of aliphatic hydroxyl groups is 1. The lowest BCUT2D eigenvalue weighted by Crippen LogP contribution is -2.37. The molecule has 1 N–H and O–H groups in total. The monoisotopic (exact) mass is 249 g/mol. The Bertz CT molecular complexity index is 286. The molecule has 0 aliphatic heterocycles. The van der Waals surface area contributed by atoms with E-state index in [1.165, 1.54) is 44.9 Å². The highest BCUT2D eigenvalue weighted by Crippen LogP contribution is 2.45. The maximum atomic E-state index is 10.4. The van der Waals surface area contributed by atoms with E-state index in [2.05, 4.69) is 6.07 Å². The van der Waals surface area contributed by atoms with Gasteiger partial charge in [-0.2, -0.15) is 5.26 Å². The van der Waals surface area contributed by atoms with Crippen LogP contribution in [-0.2, 0) is 0 Å². The van der Waals surface area contributed by atoms with Crippen molar-refractivity contribution in [1.82, 2.24) is 0 Å². The highest BCUT2D eigenvalue weighted by atomic mass is 16.3. The second-order valence-electron chi connectivity index (χ2n) is 6.35. The standard InChI is InChI=1S/C16H27NO/c17-13-16(11-7-2-1-3-8-12-16)14-9-5-4-6-10-15(14)18/h14-15,18H,1-12H2. The number of rotatable bonds is 1. The predicted molar refractivity (Wildman–Crippen MR) is 72.9 cm³/mol.